The third kappa shape index (κ3) is 2.05. The zero-order chi connectivity index (χ0) is 13.6. The van der Waals surface area contributed by atoms with Crippen molar-refractivity contribution >= 4 is 11.6 Å². The number of hydrogen-bond acceptors (Lipinski definition) is 2. The molecular weight excluding hydrogens is 258 g/mol. The van der Waals surface area contributed by atoms with Crippen LogP contribution in [0.15, 0.2) is 12.1 Å². The Morgan fingerprint density at radius 3 is 2.89 bits per heavy atom. The Labute approximate surface area is 120 Å². The summed E-state index contributed by atoms with van der Waals surface area (Å²) in [5, 5.41) is 10.6. The number of phenols is 1. The van der Waals surface area contributed by atoms with Crippen molar-refractivity contribution in [3.05, 3.63) is 28.3 Å². The number of aromatic hydroxyl groups is 1. The van der Waals surface area contributed by atoms with Crippen LogP contribution in [-0.4, -0.2) is 11.1 Å². The van der Waals surface area contributed by atoms with Crippen molar-refractivity contribution in [3.8, 4) is 5.75 Å². The molecule has 1 aromatic carbocycles. The van der Waals surface area contributed by atoms with Crippen molar-refractivity contribution in [2.75, 3.05) is 0 Å². The van der Waals surface area contributed by atoms with Crippen LogP contribution in [0.2, 0.25) is 5.02 Å². The Hall–Kier alpha value is -0.730. The number of nitrogens with two attached hydrogens (primary N) is 1. The molecule has 1 saturated carbocycles. The van der Waals surface area contributed by atoms with Gasteiger partial charge in [0.1, 0.15) is 5.75 Å². The topological polar surface area (TPSA) is 46.2 Å². The standard InChI is InChI=1S/C16H22ClNO/c1-16-6-4-2-3-5-10(15(16)18)7-12-13(16)8-11(19)9-14(12)17/h8-10,15,19H,2-7,18H2,1H3. The highest BCUT2D eigenvalue weighted by molar-refractivity contribution is 6.31. The van der Waals surface area contributed by atoms with Gasteiger partial charge in [-0.3, -0.25) is 0 Å². The summed E-state index contributed by atoms with van der Waals surface area (Å²) < 4.78 is 0. The maximum absolute atomic E-state index is 9.87. The van der Waals surface area contributed by atoms with Crippen LogP contribution < -0.4 is 5.73 Å². The molecule has 3 unspecified atom stereocenters. The van der Waals surface area contributed by atoms with Crippen molar-refractivity contribution in [1.82, 2.24) is 0 Å². The van der Waals surface area contributed by atoms with Gasteiger partial charge in [0.25, 0.3) is 0 Å². The minimum atomic E-state index is -0.0406. The van der Waals surface area contributed by atoms with Gasteiger partial charge >= 0.3 is 0 Å². The molecule has 0 aromatic heterocycles. The molecule has 0 amide bonds. The summed E-state index contributed by atoms with van der Waals surface area (Å²) in [7, 11) is 0. The van der Waals surface area contributed by atoms with Crippen LogP contribution in [0.4, 0.5) is 0 Å². The monoisotopic (exact) mass is 279 g/mol. The molecular formula is C16H22ClNO. The van der Waals surface area contributed by atoms with Crippen LogP contribution in [0.3, 0.4) is 0 Å². The minimum absolute atomic E-state index is 0.0406. The average molecular weight is 280 g/mol. The van der Waals surface area contributed by atoms with E-state index in [1.807, 2.05) is 6.07 Å². The van der Waals surface area contributed by atoms with E-state index >= 15 is 0 Å². The van der Waals surface area contributed by atoms with Gasteiger partial charge in [-0.05, 0) is 48.4 Å². The molecule has 0 heterocycles. The molecule has 2 aliphatic rings. The van der Waals surface area contributed by atoms with Crippen molar-refractivity contribution in [2.45, 2.75) is 56.9 Å². The Bertz CT molecular complexity index is 502. The highest BCUT2D eigenvalue weighted by Gasteiger charge is 2.44. The molecule has 3 rings (SSSR count). The number of rotatable bonds is 0. The largest absolute Gasteiger partial charge is 0.508 e. The summed E-state index contributed by atoms with van der Waals surface area (Å²) in [6.07, 6.45) is 7.04. The van der Waals surface area contributed by atoms with Gasteiger partial charge in [0.05, 0.1) is 0 Å². The summed E-state index contributed by atoms with van der Waals surface area (Å²) in [6, 6.07) is 3.73. The van der Waals surface area contributed by atoms with Gasteiger partial charge < -0.3 is 10.8 Å². The highest BCUT2D eigenvalue weighted by atomic mass is 35.5. The van der Waals surface area contributed by atoms with Crippen LogP contribution in [0.1, 0.15) is 50.2 Å². The molecule has 3 N–H and O–H groups in total. The van der Waals surface area contributed by atoms with Gasteiger partial charge in [0.15, 0.2) is 0 Å². The van der Waals surface area contributed by atoms with E-state index in [9.17, 15) is 5.11 Å². The predicted octanol–water partition coefficient (Wildman–Crippen LogP) is 3.77. The van der Waals surface area contributed by atoms with Crippen LogP contribution in [-0.2, 0) is 11.8 Å². The molecule has 1 fully saturated rings. The first kappa shape index (κ1) is 13.3. The molecule has 1 aromatic rings. The molecule has 0 spiro atoms. The quantitative estimate of drug-likeness (QED) is 0.759. The lowest BCUT2D eigenvalue weighted by Crippen LogP contribution is -2.52. The molecule has 3 heteroatoms. The summed E-state index contributed by atoms with van der Waals surface area (Å²) in [6.45, 7) is 2.25. The van der Waals surface area contributed by atoms with E-state index in [1.165, 1.54) is 36.8 Å². The minimum Gasteiger partial charge on any atom is -0.508 e. The summed E-state index contributed by atoms with van der Waals surface area (Å²) in [4.78, 5) is 0. The summed E-state index contributed by atoms with van der Waals surface area (Å²) in [5.74, 6) is 0.789. The first-order valence-corrected chi connectivity index (χ1v) is 7.67. The second-order valence-corrected chi connectivity index (χ2v) is 6.87. The molecule has 0 radical (unpaired) electrons. The van der Waals surface area contributed by atoms with E-state index in [1.54, 1.807) is 6.07 Å². The summed E-state index contributed by atoms with van der Waals surface area (Å²) >= 11 is 6.36. The van der Waals surface area contributed by atoms with Gasteiger partial charge in [-0.1, -0.05) is 37.8 Å². The van der Waals surface area contributed by atoms with Crippen LogP contribution in [0.25, 0.3) is 0 Å². The third-order valence-corrected chi connectivity index (χ3v) is 5.61. The molecule has 2 nitrogen and oxygen atoms in total. The first-order chi connectivity index (χ1) is 9.02. The number of fused-ring (bicyclic) bond motifs is 4. The molecule has 2 bridgehead atoms. The fourth-order valence-electron chi connectivity index (χ4n) is 4.09. The molecule has 19 heavy (non-hydrogen) atoms. The highest BCUT2D eigenvalue weighted by Crippen LogP contribution is 2.48. The van der Waals surface area contributed by atoms with E-state index in [-0.39, 0.29) is 17.2 Å². The molecule has 2 aliphatic carbocycles. The second-order valence-electron chi connectivity index (χ2n) is 6.46. The number of hydrogen-bond donors (Lipinski definition) is 2. The molecule has 104 valence electrons. The zero-order valence-electron chi connectivity index (χ0n) is 11.5. The maximum Gasteiger partial charge on any atom is 0.117 e. The van der Waals surface area contributed by atoms with Gasteiger partial charge in [0, 0.05) is 16.5 Å². The van der Waals surface area contributed by atoms with E-state index in [4.69, 9.17) is 17.3 Å². The Kier molecular flexibility index (Phi) is 3.26. The van der Waals surface area contributed by atoms with Gasteiger partial charge in [-0.2, -0.15) is 0 Å². The zero-order valence-corrected chi connectivity index (χ0v) is 12.2. The fraction of sp³-hybridized carbons (Fsp3) is 0.625. The third-order valence-electron chi connectivity index (χ3n) is 5.28. The second kappa shape index (κ2) is 4.68. The lowest BCUT2D eigenvalue weighted by atomic mass is 9.60. The number of phenolic OH excluding ortho intramolecular Hbond substituents is 1. The van der Waals surface area contributed by atoms with E-state index in [0.29, 0.717) is 10.9 Å². The van der Waals surface area contributed by atoms with Crippen molar-refractivity contribution in [1.29, 1.82) is 0 Å². The lowest BCUT2D eigenvalue weighted by Gasteiger charge is -2.47. The number of halogens is 1. The maximum atomic E-state index is 9.87. The van der Waals surface area contributed by atoms with E-state index < -0.39 is 0 Å². The van der Waals surface area contributed by atoms with Gasteiger partial charge in [-0.25, -0.2) is 0 Å². The normalized spacial score (nSPS) is 34.3. The van der Waals surface area contributed by atoms with Crippen molar-refractivity contribution in [3.63, 3.8) is 0 Å². The van der Waals surface area contributed by atoms with Crippen LogP contribution in [0, 0.1) is 5.92 Å². The average Bonchev–Trinajstić information content (AvgIpc) is 2.35. The predicted molar refractivity (Wildman–Crippen MR) is 78.7 cm³/mol. The lowest BCUT2D eigenvalue weighted by molar-refractivity contribution is 0.201. The van der Waals surface area contributed by atoms with E-state index in [0.717, 1.165) is 12.8 Å². The van der Waals surface area contributed by atoms with Crippen molar-refractivity contribution in [2.24, 2.45) is 11.7 Å². The van der Waals surface area contributed by atoms with Gasteiger partial charge in [-0.15, -0.1) is 0 Å². The fourth-order valence-corrected chi connectivity index (χ4v) is 4.38. The molecule has 0 aliphatic heterocycles. The Balaban J connectivity index is 2.17. The van der Waals surface area contributed by atoms with Crippen LogP contribution >= 0.6 is 11.6 Å². The van der Waals surface area contributed by atoms with Crippen LogP contribution in [0.5, 0.6) is 5.75 Å². The van der Waals surface area contributed by atoms with Gasteiger partial charge in [0.2, 0.25) is 0 Å². The van der Waals surface area contributed by atoms with E-state index in [2.05, 4.69) is 6.92 Å². The Morgan fingerprint density at radius 1 is 1.32 bits per heavy atom. The van der Waals surface area contributed by atoms with Crippen molar-refractivity contribution < 1.29 is 5.11 Å². The number of benzene rings is 1. The molecule has 3 atom stereocenters. The summed E-state index contributed by atoms with van der Waals surface area (Å²) in [5.41, 5.74) is 8.94. The first-order valence-electron chi connectivity index (χ1n) is 7.30. The molecule has 0 saturated heterocycles. The SMILES string of the molecule is CC12CCCCCC(Cc3c(Cl)cc(O)cc31)C2N. The smallest absolute Gasteiger partial charge is 0.117 e. The Morgan fingerprint density at radius 2 is 2.11 bits per heavy atom.